The first-order chi connectivity index (χ1) is 5.95. The molecule has 0 aromatic carbocycles. The third kappa shape index (κ3) is 2.15. The van der Waals surface area contributed by atoms with Crippen molar-refractivity contribution in [3.8, 4) is 5.95 Å². The highest BCUT2D eigenvalue weighted by Crippen LogP contribution is 2.32. The zero-order chi connectivity index (χ0) is 10.1. The number of ether oxygens (including phenoxy) is 1. The lowest BCUT2D eigenvalue weighted by Crippen LogP contribution is -2.27. The fraction of sp³-hybridized carbons (Fsp3) is 0.429. The Morgan fingerprint density at radius 2 is 2.15 bits per heavy atom. The van der Waals surface area contributed by atoms with Gasteiger partial charge in [-0.2, -0.15) is 13.2 Å². The van der Waals surface area contributed by atoms with Crippen LogP contribution >= 0.6 is 0 Å². The van der Waals surface area contributed by atoms with Crippen LogP contribution in [0.3, 0.4) is 0 Å². The van der Waals surface area contributed by atoms with E-state index in [2.05, 4.69) is 9.15 Å². The van der Waals surface area contributed by atoms with Gasteiger partial charge in [-0.15, -0.1) is 0 Å². The molecule has 0 radical (unpaired) electrons. The molecule has 0 amide bonds. The minimum Gasteiger partial charge on any atom is -0.468 e. The zero-order valence-electron chi connectivity index (χ0n) is 6.76. The highest BCUT2D eigenvalue weighted by Gasteiger charge is 2.38. The van der Waals surface area contributed by atoms with E-state index in [1.54, 1.807) is 0 Å². The first kappa shape index (κ1) is 9.91. The first-order valence-electron chi connectivity index (χ1n) is 3.40. The van der Waals surface area contributed by atoms with Gasteiger partial charge in [-0.05, 0) is 0 Å². The second kappa shape index (κ2) is 3.29. The molecule has 0 fully saturated rings. The van der Waals surface area contributed by atoms with E-state index in [1.165, 1.54) is 7.11 Å². The third-order valence-electron chi connectivity index (χ3n) is 1.51. The number of hydrogen-bond acceptors (Lipinski definition) is 3. The number of alkyl halides is 3. The van der Waals surface area contributed by atoms with E-state index < -0.39 is 12.2 Å². The topological polar surface area (TPSA) is 48.4 Å². The van der Waals surface area contributed by atoms with E-state index in [0.29, 0.717) is 0 Å². The number of halogens is 3. The molecule has 3 nitrogen and oxygen atoms in total. The summed E-state index contributed by atoms with van der Waals surface area (Å²) in [5.41, 5.74) is 4.75. The summed E-state index contributed by atoms with van der Waals surface area (Å²) in [4.78, 5) is 0. The van der Waals surface area contributed by atoms with E-state index in [4.69, 9.17) is 5.73 Å². The molecule has 0 spiro atoms. The van der Waals surface area contributed by atoms with Crippen molar-refractivity contribution < 1.29 is 22.3 Å². The molecule has 0 saturated heterocycles. The minimum absolute atomic E-state index is 0.00898. The van der Waals surface area contributed by atoms with Gasteiger partial charge in [0.1, 0.15) is 12.3 Å². The Balaban J connectivity index is 2.83. The molecule has 1 aromatic heterocycles. The SMILES string of the molecule is COc1cc([C@@H](N)C(F)(F)F)co1. The Morgan fingerprint density at radius 1 is 1.54 bits per heavy atom. The zero-order valence-corrected chi connectivity index (χ0v) is 6.76. The monoisotopic (exact) mass is 195 g/mol. The van der Waals surface area contributed by atoms with E-state index >= 15 is 0 Å². The van der Waals surface area contributed by atoms with Gasteiger partial charge in [0.05, 0.1) is 7.11 Å². The molecule has 0 aliphatic carbocycles. The molecule has 0 bridgehead atoms. The molecule has 1 atom stereocenters. The quantitative estimate of drug-likeness (QED) is 0.783. The van der Waals surface area contributed by atoms with Crippen LogP contribution in [0.15, 0.2) is 16.7 Å². The highest BCUT2D eigenvalue weighted by molar-refractivity contribution is 5.21. The number of hydrogen-bond donors (Lipinski definition) is 1. The fourth-order valence-corrected chi connectivity index (χ4v) is 0.789. The molecule has 2 N–H and O–H groups in total. The van der Waals surface area contributed by atoms with Crippen molar-refractivity contribution >= 4 is 0 Å². The lowest BCUT2D eigenvalue weighted by Gasteiger charge is -2.12. The van der Waals surface area contributed by atoms with E-state index in [-0.39, 0.29) is 11.5 Å². The van der Waals surface area contributed by atoms with Crippen molar-refractivity contribution in [3.05, 3.63) is 17.9 Å². The third-order valence-corrected chi connectivity index (χ3v) is 1.51. The Labute approximate surface area is 72.3 Å². The normalized spacial score (nSPS) is 14.2. The summed E-state index contributed by atoms with van der Waals surface area (Å²) in [5, 5.41) is 0. The van der Waals surface area contributed by atoms with Gasteiger partial charge < -0.3 is 14.9 Å². The summed E-state index contributed by atoms with van der Waals surface area (Å²) in [6.45, 7) is 0. The fourth-order valence-electron chi connectivity index (χ4n) is 0.789. The number of methoxy groups -OCH3 is 1. The largest absolute Gasteiger partial charge is 0.468 e. The van der Waals surface area contributed by atoms with Crippen LogP contribution in [-0.2, 0) is 0 Å². The highest BCUT2D eigenvalue weighted by atomic mass is 19.4. The van der Waals surface area contributed by atoms with Crippen LogP contribution in [0.2, 0.25) is 0 Å². The molecular weight excluding hydrogens is 187 g/mol. The molecule has 1 rings (SSSR count). The molecule has 0 unspecified atom stereocenters. The molecule has 13 heavy (non-hydrogen) atoms. The Morgan fingerprint density at radius 3 is 2.54 bits per heavy atom. The van der Waals surface area contributed by atoms with Crippen LogP contribution in [0.1, 0.15) is 11.6 Å². The van der Waals surface area contributed by atoms with Gasteiger partial charge >= 0.3 is 6.18 Å². The average Bonchev–Trinajstić information content (AvgIpc) is 2.48. The van der Waals surface area contributed by atoms with Crippen molar-refractivity contribution in [3.63, 3.8) is 0 Å². The van der Waals surface area contributed by atoms with E-state index in [9.17, 15) is 13.2 Å². The second-order valence-corrected chi connectivity index (χ2v) is 2.42. The van der Waals surface area contributed by atoms with Crippen LogP contribution in [0.4, 0.5) is 13.2 Å². The summed E-state index contributed by atoms with van der Waals surface area (Å²) < 4.78 is 45.3. The van der Waals surface area contributed by atoms with Crippen molar-refractivity contribution in [1.82, 2.24) is 0 Å². The maximum absolute atomic E-state index is 12.0. The molecule has 74 valence electrons. The van der Waals surface area contributed by atoms with Crippen molar-refractivity contribution in [2.24, 2.45) is 5.73 Å². The minimum atomic E-state index is -4.46. The average molecular weight is 195 g/mol. The van der Waals surface area contributed by atoms with Gasteiger partial charge in [0, 0.05) is 11.6 Å². The standard InChI is InChI=1S/C7H8F3NO2/c1-12-5-2-4(3-13-5)6(11)7(8,9)10/h2-3,6H,11H2,1H3/t6-/m1/s1. The van der Waals surface area contributed by atoms with Crippen molar-refractivity contribution in [2.75, 3.05) is 7.11 Å². The van der Waals surface area contributed by atoms with E-state index in [1.807, 2.05) is 0 Å². The lowest BCUT2D eigenvalue weighted by atomic mass is 10.1. The summed E-state index contributed by atoms with van der Waals surface area (Å²) in [7, 11) is 1.29. The van der Waals surface area contributed by atoms with Crippen molar-refractivity contribution in [2.45, 2.75) is 12.2 Å². The van der Waals surface area contributed by atoms with Gasteiger partial charge in [0.25, 0.3) is 5.95 Å². The first-order valence-corrected chi connectivity index (χ1v) is 3.40. The maximum atomic E-state index is 12.0. The molecule has 1 aromatic rings. The van der Waals surface area contributed by atoms with Crippen LogP contribution in [0.5, 0.6) is 5.95 Å². The van der Waals surface area contributed by atoms with Gasteiger partial charge in [-0.1, -0.05) is 0 Å². The van der Waals surface area contributed by atoms with Gasteiger partial charge in [-0.3, -0.25) is 0 Å². The lowest BCUT2D eigenvalue weighted by molar-refractivity contribution is -0.149. The predicted molar refractivity (Wildman–Crippen MR) is 38.2 cm³/mol. The van der Waals surface area contributed by atoms with Crippen LogP contribution in [-0.4, -0.2) is 13.3 Å². The Hall–Kier alpha value is -1.17. The molecule has 6 heteroatoms. The number of rotatable bonds is 2. The number of nitrogens with two attached hydrogens (primary N) is 1. The van der Waals surface area contributed by atoms with Crippen LogP contribution < -0.4 is 10.5 Å². The second-order valence-electron chi connectivity index (χ2n) is 2.42. The van der Waals surface area contributed by atoms with E-state index in [0.717, 1.165) is 12.3 Å². The van der Waals surface area contributed by atoms with Crippen LogP contribution in [0, 0.1) is 0 Å². The Kier molecular flexibility index (Phi) is 2.51. The van der Waals surface area contributed by atoms with Gasteiger partial charge in [-0.25, -0.2) is 0 Å². The van der Waals surface area contributed by atoms with Gasteiger partial charge in [0.2, 0.25) is 0 Å². The van der Waals surface area contributed by atoms with Crippen LogP contribution in [0.25, 0.3) is 0 Å². The molecule has 1 heterocycles. The maximum Gasteiger partial charge on any atom is 0.407 e. The molecular formula is C7H8F3NO2. The smallest absolute Gasteiger partial charge is 0.407 e. The summed E-state index contributed by atoms with van der Waals surface area (Å²) in [6, 6.07) is -0.918. The molecule has 0 aliphatic rings. The summed E-state index contributed by atoms with van der Waals surface area (Å²) in [5.74, 6) is 0.00898. The molecule has 0 aliphatic heterocycles. The Bertz CT molecular complexity index is 282. The number of furan rings is 1. The molecule has 0 saturated carbocycles. The summed E-state index contributed by atoms with van der Waals surface area (Å²) >= 11 is 0. The summed E-state index contributed by atoms with van der Waals surface area (Å²) in [6.07, 6.45) is -3.54. The predicted octanol–water partition coefficient (Wildman–Crippen LogP) is 1.85. The van der Waals surface area contributed by atoms with Crippen molar-refractivity contribution in [1.29, 1.82) is 0 Å². The van der Waals surface area contributed by atoms with Gasteiger partial charge in [0.15, 0.2) is 0 Å².